The molecule has 17 nitrogen and oxygen atoms in total. The number of anilines is 4. The molecule has 2 aromatic heterocycles. The Morgan fingerprint density at radius 3 is 2.38 bits per heavy atom. The molecule has 1 saturated carbocycles. The summed E-state index contributed by atoms with van der Waals surface area (Å²) in [7, 11) is 1.51. The Bertz CT molecular complexity index is 2580. The molecular formula is C45H50ClN9O8. The van der Waals surface area contributed by atoms with Gasteiger partial charge in [0.25, 0.3) is 23.3 Å². The average Bonchev–Trinajstić information content (AvgIpc) is 3.51. The van der Waals surface area contributed by atoms with Crippen LogP contribution < -0.4 is 36.0 Å². The molecule has 9 rings (SSSR count). The van der Waals surface area contributed by atoms with E-state index in [1.54, 1.807) is 29.0 Å². The zero-order chi connectivity index (χ0) is 44.2. The first-order valence-electron chi connectivity index (χ1n) is 21.6. The summed E-state index contributed by atoms with van der Waals surface area (Å²) in [6.45, 7) is 6.70. The Labute approximate surface area is 368 Å². The van der Waals surface area contributed by atoms with Crippen molar-refractivity contribution in [1.82, 2.24) is 30.1 Å². The molecule has 3 saturated heterocycles. The lowest BCUT2D eigenvalue weighted by atomic mass is 9.61. The van der Waals surface area contributed by atoms with Gasteiger partial charge < -0.3 is 34.5 Å². The fraction of sp³-hybridized carbons (Fsp3) is 0.467. The third-order valence-electron chi connectivity index (χ3n) is 13.2. The minimum atomic E-state index is -0.983. The van der Waals surface area contributed by atoms with Gasteiger partial charge in [-0.2, -0.15) is 4.98 Å². The van der Waals surface area contributed by atoms with Crippen molar-refractivity contribution >= 4 is 75.2 Å². The van der Waals surface area contributed by atoms with E-state index in [1.807, 2.05) is 38.1 Å². The largest absolute Gasteiger partial charge is 0.478 e. The van der Waals surface area contributed by atoms with Crippen LogP contribution in [0.2, 0.25) is 5.02 Å². The molecule has 1 atom stereocenters. The lowest BCUT2D eigenvalue weighted by Gasteiger charge is -2.53. The summed E-state index contributed by atoms with van der Waals surface area (Å²) in [5, 5.41) is 9.18. The van der Waals surface area contributed by atoms with Crippen molar-refractivity contribution in [2.75, 3.05) is 55.0 Å². The minimum absolute atomic E-state index is 0.0842. The predicted octanol–water partition coefficient (Wildman–Crippen LogP) is 4.73. The van der Waals surface area contributed by atoms with E-state index in [1.165, 1.54) is 7.05 Å². The highest BCUT2D eigenvalue weighted by Crippen LogP contribution is 2.51. The molecule has 3 N–H and O–H groups in total. The van der Waals surface area contributed by atoms with Crippen molar-refractivity contribution in [3.05, 3.63) is 75.2 Å². The number of hydrogen-bond donors (Lipinski definition) is 3. The van der Waals surface area contributed by atoms with Crippen LogP contribution in [0, 0.1) is 5.41 Å². The summed E-state index contributed by atoms with van der Waals surface area (Å²) >= 11 is 6.60. The average molecular weight is 880 g/mol. The Balaban J connectivity index is 0.765. The van der Waals surface area contributed by atoms with Crippen LogP contribution in [0.3, 0.4) is 0 Å². The summed E-state index contributed by atoms with van der Waals surface area (Å²) < 4.78 is 13.9. The molecule has 4 fully saturated rings. The smallest absolute Gasteiger partial charge is 0.293 e. The maximum absolute atomic E-state index is 13.4. The first-order chi connectivity index (χ1) is 30.3. The maximum Gasteiger partial charge on any atom is 0.293 e. The number of nitrogens with one attached hydrogen (secondary N) is 3. The number of ether oxygens (including phenoxy) is 2. The van der Waals surface area contributed by atoms with Gasteiger partial charge in [-0.15, -0.1) is 0 Å². The third kappa shape index (κ3) is 8.19. The molecular weight excluding hydrogens is 830 g/mol. The zero-order valence-corrected chi connectivity index (χ0v) is 36.2. The number of imide groups is 2. The van der Waals surface area contributed by atoms with Gasteiger partial charge in [0.05, 0.1) is 35.0 Å². The van der Waals surface area contributed by atoms with Crippen LogP contribution >= 0.6 is 11.6 Å². The fourth-order valence-electron chi connectivity index (χ4n) is 9.73. The number of carbonyl (C=O) groups is 5. The second kappa shape index (κ2) is 16.9. The third-order valence-corrected chi connectivity index (χ3v) is 13.5. The normalized spacial score (nSPS) is 20.3. The summed E-state index contributed by atoms with van der Waals surface area (Å²) in [6, 6.07) is 11.5. The maximum atomic E-state index is 13.4. The lowest BCUT2D eigenvalue weighted by molar-refractivity contribution is -0.136. The Morgan fingerprint density at radius 2 is 1.67 bits per heavy atom. The molecule has 2 aromatic carbocycles. The standard InChI is InChI=1S/C45H50ClN9O8/c1-25(2)54-34-7-4-27(18-26(34)19-36(43(54)61)62-24-38(57)47-3)49-39-33(46)23-48-44(51-39)53-14-10-29(11-15-53)63-30-21-45(22-30)12-16-52(17-13-45)28-5-6-31-32(20-28)42(60)55(41(31)59)35-8-9-37(56)50-40(35)58/h4-7,18-20,23,25,29-30,35H,8-17,21-22,24H2,1-3H3,(H,47,57)(H,48,49,51)(H,50,56,58). The summed E-state index contributed by atoms with van der Waals surface area (Å²) in [5.74, 6) is -1.23. The summed E-state index contributed by atoms with van der Waals surface area (Å²) in [6.07, 6.45) is 7.91. The number of rotatable bonds is 11. The molecule has 5 amide bonds. The van der Waals surface area contributed by atoms with E-state index in [9.17, 15) is 28.8 Å². The van der Waals surface area contributed by atoms with E-state index in [0.717, 1.165) is 86.2 Å². The Hall–Kier alpha value is -6.07. The molecule has 1 aliphatic carbocycles. The van der Waals surface area contributed by atoms with Gasteiger partial charge in [0, 0.05) is 62.5 Å². The molecule has 330 valence electrons. The zero-order valence-electron chi connectivity index (χ0n) is 35.4. The van der Waals surface area contributed by atoms with Crippen LogP contribution in [0.15, 0.2) is 53.5 Å². The second-order valence-electron chi connectivity index (χ2n) is 17.5. The number of benzene rings is 2. The highest BCUT2D eigenvalue weighted by atomic mass is 35.5. The van der Waals surface area contributed by atoms with Crippen LogP contribution in [0.1, 0.15) is 92.0 Å². The van der Waals surface area contributed by atoms with E-state index in [-0.39, 0.29) is 65.9 Å². The Kier molecular flexibility index (Phi) is 11.3. The van der Waals surface area contributed by atoms with Crippen LogP contribution in [-0.2, 0) is 19.1 Å². The number of carbonyl (C=O) groups excluding carboxylic acids is 5. The summed E-state index contributed by atoms with van der Waals surface area (Å²) in [5.41, 5.74) is 2.82. The van der Waals surface area contributed by atoms with E-state index < -0.39 is 29.7 Å². The van der Waals surface area contributed by atoms with Crippen LogP contribution in [0.5, 0.6) is 5.75 Å². The molecule has 18 heteroatoms. The van der Waals surface area contributed by atoms with Crippen molar-refractivity contribution < 1.29 is 33.4 Å². The first-order valence-corrected chi connectivity index (χ1v) is 22.0. The number of pyridine rings is 1. The van der Waals surface area contributed by atoms with E-state index in [4.69, 9.17) is 26.1 Å². The molecule has 0 bridgehead atoms. The summed E-state index contributed by atoms with van der Waals surface area (Å²) in [4.78, 5) is 90.5. The monoisotopic (exact) mass is 879 g/mol. The lowest BCUT2D eigenvalue weighted by Crippen LogP contribution is -2.54. The molecule has 6 heterocycles. The highest BCUT2D eigenvalue weighted by Gasteiger charge is 2.48. The van der Waals surface area contributed by atoms with E-state index >= 15 is 0 Å². The molecule has 1 unspecified atom stereocenters. The number of amides is 5. The topological polar surface area (TPSA) is 197 Å². The van der Waals surface area contributed by atoms with Crippen molar-refractivity contribution in [2.24, 2.45) is 5.41 Å². The van der Waals surface area contributed by atoms with Crippen LogP contribution in [0.25, 0.3) is 10.9 Å². The number of aromatic nitrogens is 3. The minimum Gasteiger partial charge on any atom is -0.478 e. The van der Waals surface area contributed by atoms with Gasteiger partial charge in [0.2, 0.25) is 17.8 Å². The number of likely N-dealkylation sites (N-methyl/N-ethyl adjacent to an activating group) is 1. The quantitative estimate of drug-likeness (QED) is 0.175. The van der Waals surface area contributed by atoms with Gasteiger partial charge >= 0.3 is 0 Å². The fourth-order valence-corrected chi connectivity index (χ4v) is 9.87. The predicted molar refractivity (Wildman–Crippen MR) is 235 cm³/mol. The molecule has 5 aliphatic rings. The van der Waals surface area contributed by atoms with E-state index in [2.05, 4.69) is 30.7 Å². The number of hydrogen-bond acceptors (Lipinski definition) is 13. The highest BCUT2D eigenvalue weighted by molar-refractivity contribution is 6.33. The van der Waals surface area contributed by atoms with Crippen molar-refractivity contribution in [1.29, 1.82) is 0 Å². The number of piperidine rings is 3. The van der Waals surface area contributed by atoms with Crippen molar-refractivity contribution in [3.63, 3.8) is 0 Å². The number of halogens is 1. The number of fused-ring (bicyclic) bond motifs is 2. The molecule has 1 spiro atoms. The van der Waals surface area contributed by atoms with Crippen LogP contribution in [-0.4, -0.2) is 107 Å². The molecule has 0 radical (unpaired) electrons. The second-order valence-corrected chi connectivity index (χ2v) is 17.9. The number of nitrogens with zero attached hydrogens (tertiary/aromatic N) is 6. The molecule has 4 aromatic rings. The molecule has 63 heavy (non-hydrogen) atoms. The van der Waals surface area contributed by atoms with Gasteiger partial charge in [0.15, 0.2) is 18.2 Å². The van der Waals surface area contributed by atoms with Crippen molar-refractivity contribution in [2.45, 2.75) is 89.5 Å². The van der Waals surface area contributed by atoms with Gasteiger partial charge in [-0.05, 0) is 107 Å². The first kappa shape index (κ1) is 42.2. The SMILES string of the molecule is CNC(=O)COc1cc2cc(Nc3nc(N4CCC(OC5CC6(CCN(c7ccc8c(c7)C(=O)N(C7CCC(=O)NC7=O)C8=O)CC6)C5)CC4)ncc3Cl)ccc2n(C(C)C)c1=O. The van der Waals surface area contributed by atoms with Gasteiger partial charge in [0.1, 0.15) is 11.1 Å². The van der Waals surface area contributed by atoms with Gasteiger partial charge in [-0.1, -0.05) is 11.6 Å². The molecule has 4 aliphatic heterocycles. The van der Waals surface area contributed by atoms with Crippen LogP contribution in [0.4, 0.5) is 23.1 Å². The van der Waals surface area contributed by atoms with Gasteiger partial charge in [-0.25, -0.2) is 4.98 Å². The van der Waals surface area contributed by atoms with Gasteiger partial charge in [-0.3, -0.25) is 39.0 Å². The van der Waals surface area contributed by atoms with E-state index in [0.29, 0.717) is 28.0 Å². The Morgan fingerprint density at radius 1 is 0.921 bits per heavy atom. The van der Waals surface area contributed by atoms with Crippen molar-refractivity contribution in [3.8, 4) is 5.75 Å².